The van der Waals surface area contributed by atoms with Crippen LogP contribution in [0.15, 0.2) is 18.5 Å². The molecule has 0 spiro atoms. The highest BCUT2D eigenvalue weighted by atomic mass is 19.4. The quantitative estimate of drug-likeness (QED) is 0.936. The maximum Gasteiger partial charge on any atom is 0.451 e. The molecule has 20 heavy (non-hydrogen) atoms. The van der Waals surface area contributed by atoms with Gasteiger partial charge in [-0.3, -0.25) is 0 Å². The number of nitrogens with zero attached hydrogens (tertiary/aromatic N) is 4. The van der Waals surface area contributed by atoms with E-state index in [9.17, 15) is 13.2 Å². The summed E-state index contributed by atoms with van der Waals surface area (Å²) >= 11 is 0. The van der Waals surface area contributed by atoms with E-state index < -0.39 is 12.0 Å². The van der Waals surface area contributed by atoms with Crippen molar-refractivity contribution in [1.29, 1.82) is 0 Å². The van der Waals surface area contributed by atoms with E-state index in [0.29, 0.717) is 12.4 Å². The number of aryl methyl sites for hydroxylation is 1. The Morgan fingerprint density at radius 3 is 2.60 bits per heavy atom. The molecule has 0 radical (unpaired) electrons. The van der Waals surface area contributed by atoms with Crippen molar-refractivity contribution >= 4 is 5.82 Å². The van der Waals surface area contributed by atoms with Gasteiger partial charge in [0.15, 0.2) is 0 Å². The number of hydrogen-bond donors (Lipinski definition) is 1. The molecule has 0 saturated carbocycles. The van der Waals surface area contributed by atoms with Crippen molar-refractivity contribution in [3.05, 3.63) is 35.8 Å². The first-order chi connectivity index (χ1) is 9.40. The van der Waals surface area contributed by atoms with E-state index in [-0.39, 0.29) is 17.9 Å². The fourth-order valence-corrected chi connectivity index (χ4v) is 1.72. The first-order valence-corrected chi connectivity index (χ1v) is 6.05. The first-order valence-electron chi connectivity index (χ1n) is 6.05. The Hall–Kier alpha value is -2.12. The third-order valence-corrected chi connectivity index (χ3v) is 2.65. The lowest BCUT2D eigenvalue weighted by atomic mass is 10.2. The van der Waals surface area contributed by atoms with Crippen molar-refractivity contribution in [1.82, 2.24) is 19.5 Å². The molecule has 8 heteroatoms. The SMILES string of the molecule is CCNc1cc(Cc2nccn2C)nc(C(F)(F)F)n1. The van der Waals surface area contributed by atoms with Crippen molar-refractivity contribution in [2.45, 2.75) is 19.5 Å². The van der Waals surface area contributed by atoms with E-state index in [1.54, 1.807) is 30.9 Å². The van der Waals surface area contributed by atoms with Gasteiger partial charge in [-0.05, 0) is 6.92 Å². The number of nitrogens with one attached hydrogen (secondary N) is 1. The minimum atomic E-state index is -4.57. The molecule has 0 aliphatic heterocycles. The molecule has 2 aromatic rings. The highest BCUT2D eigenvalue weighted by molar-refractivity contribution is 5.37. The first kappa shape index (κ1) is 14.3. The summed E-state index contributed by atoms with van der Waals surface area (Å²) in [6, 6.07) is 1.51. The number of hydrogen-bond acceptors (Lipinski definition) is 4. The summed E-state index contributed by atoms with van der Waals surface area (Å²) in [6.07, 6.45) is -1.03. The third-order valence-electron chi connectivity index (χ3n) is 2.65. The zero-order chi connectivity index (χ0) is 14.8. The smallest absolute Gasteiger partial charge is 0.370 e. The number of aromatic nitrogens is 4. The van der Waals surface area contributed by atoms with Crippen LogP contribution < -0.4 is 5.32 Å². The standard InChI is InChI=1S/C12H14F3N5/c1-3-16-9-6-8(7-10-17-4-5-20(10)2)18-11(19-9)12(13,14)15/h4-6H,3,7H2,1-2H3,(H,16,18,19). The van der Waals surface area contributed by atoms with Gasteiger partial charge in [0.25, 0.3) is 0 Å². The molecule has 108 valence electrons. The third kappa shape index (κ3) is 3.25. The van der Waals surface area contributed by atoms with Crippen LogP contribution >= 0.6 is 0 Å². The van der Waals surface area contributed by atoms with Gasteiger partial charge in [-0.2, -0.15) is 13.2 Å². The summed E-state index contributed by atoms with van der Waals surface area (Å²) < 4.78 is 40.1. The number of imidazole rings is 1. The van der Waals surface area contributed by atoms with Gasteiger partial charge in [-0.25, -0.2) is 15.0 Å². The van der Waals surface area contributed by atoms with Crippen molar-refractivity contribution in [3.8, 4) is 0 Å². The Bertz CT molecular complexity index is 591. The Morgan fingerprint density at radius 1 is 1.30 bits per heavy atom. The molecule has 0 fully saturated rings. The van der Waals surface area contributed by atoms with Gasteiger partial charge in [-0.15, -0.1) is 0 Å². The molecule has 0 amide bonds. The lowest BCUT2D eigenvalue weighted by molar-refractivity contribution is -0.145. The lowest BCUT2D eigenvalue weighted by Gasteiger charge is -2.10. The summed E-state index contributed by atoms with van der Waals surface area (Å²) in [6.45, 7) is 2.27. The van der Waals surface area contributed by atoms with Gasteiger partial charge in [-0.1, -0.05) is 0 Å². The summed E-state index contributed by atoms with van der Waals surface area (Å²) in [5, 5.41) is 2.78. The van der Waals surface area contributed by atoms with Crippen LogP contribution in [0.2, 0.25) is 0 Å². The van der Waals surface area contributed by atoms with Crippen molar-refractivity contribution < 1.29 is 13.2 Å². The molecule has 0 aliphatic carbocycles. The van der Waals surface area contributed by atoms with Crippen LogP contribution in [0.25, 0.3) is 0 Å². The van der Waals surface area contributed by atoms with Crippen LogP contribution in [0.3, 0.4) is 0 Å². The van der Waals surface area contributed by atoms with Crippen molar-refractivity contribution in [2.75, 3.05) is 11.9 Å². The predicted molar refractivity (Wildman–Crippen MR) is 67.2 cm³/mol. The molecular weight excluding hydrogens is 271 g/mol. The largest absolute Gasteiger partial charge is 0.451 e. The van der Waals surface area contributed by atoms with E-state index in [1.165, 1.54) is 6.07 Å². The van der Waals surface area contributed by atoms with Crippen molar-refractivity contribution in [2.24, 2.45) is 7.05 Å². The zero-order valence-corrected chi connectivity index (χ0v) is 11.1. The Kier molecular flexibility index (Phi) is 3.91. The monoisotopic (exact) mass is 285 g/mol. The summed E-state index contributed by atoms with van der Waals surface area (Å²) in [7, 11) is 1.78. The predicted octanol–water partition coefficient (Wildman–Crippen LogP) is 2.25. The summed E-state index contributed by atoms with van der Waals surface area (Å²) in [5.74, 6) is -0.335. The molecule has 0 atom stereocenters. The van der Waals surface area contributed by atoms with Crippen LogP contribution in [0.1, 0.15) is 24.3 Å². The molecule has 0 aromatic carbocycles. The summed E-state index contributed by atoms with van der Waals surface area (Å²) in [4.78, 5) is 11.1. The van der Waals surface area contributed by atoms with E-state index >= 15 is 0 Å². The fourth-order valence-electron chi connectivity index (χ4n) is 1.72. The number of anilines is 1. The molecule has 2 aromatic heterocycles. The van der Waals surface area contributed by atoms with Crippen LogP contribution in [0.4, 0.5) is 19.0 Å². The second-order valence-corrected chi connectivity index (χ2v) is 4.23. The molecule has 0 saturated heterocycles. The van der Waals surface area contributed by atoms with Crippen LogP contribution in [-0.2, 0) is 19.6 Å². The summed E-state index contributed by atoms with van der Waals surface area (Å²) in [5.41, 5.74) is 0.276. The molecule has 0 unspecified atom stereocenters. The van der Waals surface area contributed by atoms with Gasteiger partial charge in [0.05, 0.1) is 5.69 Å². The van der Waals surface area contributed by atoms with Crippen LogP contribution in [0, 0.1) is 0 Å². The van der Waals surface area contributed by atoms with E-state index in [2.05, 4.69) is 20.3 Å². The fraction of sp³-hybridized carbons (Fsp3) is 0.417. The van der Waals surface area contributed by atoms with Gasteiger partial charge >= 0.3 is 6.18 Å². The van der Waals surface area contributed by atoms with Gasteiger partial charge < -0.3 is 9.88 Å². The van der Waals surface area contributed by atoms with Gasteiger partial charge in [0.2, 0.25) is 5.82 Å². The molecule has 0 bridgehead atoms. The van der Waals surface area contributed by atoms with E-state index in [4.69, 9.17) is 0 Å². The molecular formula is C12H14F3N5. The number of rotatable bonds is 4. The zero-order valence-electron chi connectivity index (χ0n) is 11.1. The molecule has 1 N–H and O–H groups in total. The Morgan fingerprint density at radius 2 is 2.05 bits per heavy atom. The van der Waals surface area contributed by atoms with Gasteiger partial charge in [0, 0.05) is 38.5 Å². The topological polar surface area (TPSA) is 55.6 Å². The van der Waals surface area contributed by atoms with Crippen LogP contribution in [-0.4, -0.2) is 26.1 Å². The maximum atomic E-state index is 12.8. The average molecular weight is 285 g/mol. The second-order valence-electron chi connectivity index (χ2n) is 4.23. The lowest BCUT2D eigenvalue weighted by Crippen LogP contribution is -2.15. The molecule has 0 aliphatic rings. The highest BCUT2D eigenvalue weighted by Gasteiger charge is 2.35. The van der Waals surface area contributed by atoms with E-state index in [1.807, 2.05) is 0 Å². The van der Waals surface area contributed by atoms with Gasteiger partial charge in [0.1, 0.15) is 11.6 Å². The average Bonchev–Trinajstić information content (AvgIpc) is 2.74. The Labute approximate surface area is 113 Å². The minimum absolute atomic E-state index is 0.166. The number of halogens is 3. The normalized spacial score (nSPS) is 11.7. The molecule has 5 nitrogen and oxygen atoms in total. The molecule has 2 rings (SSSR count). The van der Waals surface area contributed by atoms with E-state index in [0.717, 1.165) is 0 Å². The second kappa shape index (κ2) is 5.48. The van der Waals surface area contributed by atoms with Crippen molar-refractivity contribution in [3.63, 3.8) is 0 Å². The Balaban J connectivity index is 2.36. The number of alkyl halides is 3. The molecule has 2 heterocycles. The highest BCUT2D eigenvalue weighted by Crippen LogP contribution is 2.27. The minimum Gasteiger partial charge on any atom is -0.370 e. The van der Waals surface area contributed by atoms with Crippen LogP contribution in [0.5, 0.6) is 0 Å². The maximum absolute atomic E-state index is 12.8.